The van der Waals surface area contributed by atoms with Gasteiger partial charge in [0.1, 0.15) is 0 Å². The number of carbonyl (C=O) groups excluding carboxylic acids is 2. The number of amides is 3. The number of aromatic nitrogens is 2. The summed E-state index contributed by atoms with van der Waals surface area (Å²) in [5.41, 5.74) is 0.00368. The number of aromatic amines is 1. The molecule has 1 fully saturated rings. The highest BCUT2D eigenvalue weighted by Crippen LogP contribution is 2.47. The van der Waals surface area contributed by atoms with Gasteiger partial charge in [0.05, 0.1) is 6.61 Å². The van der Waals surface area contributed by atoms with Crippen LogP contribution in [0.5, 0.6) is 0 Å². The molecule has 2 rings (SSSR count). The molecule has 0 spiro atoms. The lowest BCUT2D eigenvalue weighted by Crippen LogP contribution is -2.51. The number of ether oxygens (including phenoxy) is 1. The molecule has 0 aliphatic heterocycles. The smallest absolute Gasteiger partial charge is 0.409 e. The zero-order valence-electron chi connectivity index (χ0n) is 21.9. The molecule has 2 atom stereocenters. The van der Waals surface area contributed by atoms with Crippen molar-refractivity contribution in [3.05, 3.63) is 22.1 Å². The van der Waals surface area contributed by atoms with Crippen LogP contribution in [0.4, 0.5) is 15.5 Å². The predicted octanol–water partition coefficient (Wildman–Crippen LogP) is 4.68. The monoisotopic (exact) mass is 477 g/mol. The van der Waals surface area contributed by atoms with Crippen LogP contribution in [0.15, 0.2) is 10.9 Å². The van der Waals surface area contributed by atoms with E-state index in [1.54, 1.807) is 11.8 Å². The van der Waals surface area contributed by atoms with Crippen LogP contribution in [0.25, 0.3) is 0 Å². The molecule has 0 radical (unpaired) electrons. The van der Waals surface area contributed by atoms with Crippen LogP contribution in [0.3, 0.4) is 0 Å². The van der Waals surface area contributed by atoms with E-state index in [1.807, 2.05) is 7.05 Å². The number of urea groups is 1. The van der Waals surface area contributed by atoms with Crippen LogP contribution in [0.1, 0.15) is 78.8 Å². The maximum atomic E-state index is 12.7. The van der Waals surface area contributed by atoms with E-state index in [-0.39, 0.29) is 34.5 Å². The molecule has 9 heteroatoms. The lowest BCUT2D eigenvalue weighted by molar-refractivity contribution is 0.0197. The largest absolute Gasteiger partial charge is 0.449 e. The van der Waals surface area contributed by atoms with Gasteiger partial charge in [0.15, 0.2) is 0 Å². The fraction of sp³-hybridized carbons (Fsp3) is 0.760. The summed E-state index contributed by atoms with van der Waals surface area (Å²) in [6, 6.07) is 0.958. The molecule has 192 valence electrons. The van der Waals surface area contributed by atoms with Crippen molar-refractivity contribution in [2.24, 2.45) is 16.7 Å². The quantitative estimate of drug-likeness (QED) is 0.477. The van der Waals surface area contributed by atoms with Crippen LogP contribution < -0.4 is 16.2 Å². The van der Waals surface area contributed by atoms with Gasteiger partial charge in [0, 0.05) is 31.4 Å². The minimum Gasteiger partial charge on any atom is -0.449 e. The Labute approximate surface area is 203 Å². The predicted molar refractivity (Wildman–Crippen MR) is 134 cm³/mol. The summed E-state index contributed by atoms with van der Waals surface area (Å²) in [5, 5.41) is 5.51. The SMILES string of the molecule is CCC(CC)CCOC(=O)N(C)C1CC(C)(C)CC(C)(CNC(=O)Nc2nc(C)cc(=O)[nH]2)C1. The van der Waals surface area contributed by atoms with Crippen molar-refractivity contribution in [3.8, 4) is 0 Å². The molecule has 0 saturated heterocycles. The molecule has 1 aromatic heterocycles. The maximum Gasteiger partial charge on any atom is 0.409 e. The third kappa shape index (κ3) is 8.33. The van der Waals surface area contributed by atoms with Gasteiger partial charge in [-0.1, -0.05) is 47.5 Å². The van der Waals surface area contributed by atoms with Crippen molar-refractivity contribution in [1.29, 1.82) is 0 Å². The third-order valence-corrected chi connectivity index (χ3v) is 6.94. The number of H-pyrrole nitrogens is 1. The average molecular weight is 478 g/mol. The van der Waals surface area contributed by atoms with Crippen LogP contribution >= 0.6 is 0 Å². The number of nitrogens with zero attached hydrogens (tertiary/aromatic N) is 2. The minimum absolute atomic E-state index is 0.00319. The van der Waals surface area contributed by atoms with Crippen molar-refractivity contribution in [1.82, 2.24) is 20.2 Å². The second-order valence-corrected chi connectivity index (χ2v) is 11.0. The molecule has 1 saturated carbocycles. The Balaban J connectivity index is 1.96. The van der Waals surface area contributed by atoms with Crippen molar-refractivity contribution >= 4 is 18.1 Å². The first-order valence-corrected chi connectivity index (χ1v) is 12.4. The van der Waals surface area contributed by atoms with E-state index in [2.05, 4.69) is 55.2 Å². The molecule has 34 heavy (non-hydrogen) atoms. The Morgan fingerprint density at radius 1 is 1.26 bits per heavy atom. The molecule has 1 aromatic rings. The van der Waals surface area contributed by atoms with Crippen LogP contribution in [0.2, 0.25) is 0 Å². The summed E-state index contributed by atoms with van der Waals surface area (Å²) < 4.78 is 5.58. The summed E-state index contributed by atoms with van der Waals surface area (Å²) in [6.07, 6.45) is 5.34. The van der Waals surface area contributed by atoms with Crippen LogP contribution in [-0.2, 0) is 4.74 Å². The highest BCUT2D eigenvalue weighted by atomic mass is 16.6. The molecule has 1 aliphatic rings. The molecule has 0 aromatic carbocycles. The highest BCUT2D eigenvalue weighted by Gasteiger charge is 2.43. The lowest BCUT2D eigenvalue weighted by atomic mass is 9.62. The standard InChI is InChI=1S/C25H43N5O4/c1-8-18(9-2)10-11-34-23(33)30(7)19-13-24(4,5)15-25(6,14-19)16-26-22(32)29-21-27-17(3)12-20(31)28-21/h12,18-19H,8-11,13-16H2,1-7H3,(H3,26,27,28,29,31,32). The van der Waals surface area contributed by atoms with E-state index < -0.39 is 6.03 Å². The number of nitrogens with one attached hydrogen (secondary N) is 3. The lowest BCUT2D eigenvalue weighted by Gasteiger charge is -2.48. The number of hydrogen-bond donors (Lipinski definition) is 3. The molecular formula is C25H43N5O4. The molecule has 1 aliphatic carbocycles. The van der Waals surface area contributed by atoms with Gasteiger partial charge in [-0.25, -0.2) is 14.6 Å². The third-order valence-electron chi connectivity index (χ3n) is 6.94. The Morgan fingerprint density at radius 3 is 2.56 bits per heavy atom. The van der Waals surface area contributed by atoms with Crippen LogP contribution in [-0.4, -0.2) is 53.2 Å². The van der Waals surface area contributed by atoms with Crippen molar-refractivity contribution in [2.75, 3.05) is 25.5 Å². The first-order chi connectivity index (χ1) is 15.9. The fourth-order valence-electron chi connectivity index (χ4n) is 5.33. The van der Waals surface area contributed by atoms with Gasteiger partial charge >= 0.3 is 12.1 Å². The maximum absolute atomic E-state index is 12.7. The van der Waals surface area contributed by atoms with E-state index in [0.717, 1.165) is 38.5 Å². The Morgan fingerprint density at radius 2 is 1.94 bits per heavy atom. The van der Waals surface area contributed by atoms with Crippen molar-refractivity contribution in [2.45, 2.75) is 86.1 Å². The average Bonchev–Trinajstić information content (AvgIpc) is 2.72. The van der Waals surface area contributed by atoms with Gasteiger partial charge in [-0.2, -0.15) is 0 Å². The van der Waals surface area contributed by atoms with E-state index in [0.29, 0.717) is 24.8 Å². The second kappa shape index (κ2) is 11.7. The number of rotatable bonds is 9. The molecule has 0 bridgehead atoms. The van der Waals surface area contributed by atoms with Gasteiger partial charge in [-0.15, -0.1) is 0 Å². The Hall–Kier alpha value is -2.58. The summed E-state index contributed by atoms with van der Waals surface area (Å²) in [7, 11) is 1.81. The van der Waals surface area contributed by atoms with Gasteiger partial charge in [-0.05, 0) is 49.4 Å². The molecule has 3 amide bonds. The van der Waals surface area contributed by atoms with E-state index in [1.165, 1.54) is 6.07 Å². The Bertz CT molecular complexity index is 896. The van der Waals surface area contributed by atoms with Gasteiger partial charge in [-0.3, -0.25) is 15.1 Å². The van der Waals surface area contributed by atoms with Crippen molar-refractivity contribution < 1.29 is 14.3 Å². The zero-order chi connectivity index (χ0) is 25.5. The first-order valence-electron chi connectivity index (χ1n) is 12.4. The molecular weight excluding hydrogens is 434 g/mol. The van der Waals surface area contributed by atoms with Gasteiger partial charge in [0.2, 0.25) is 5.95 Å². The van der Waals surface area contributed by atoms with Gasteiger partial charge in [0.25, 0.3) is 5.56 Å². The molecule has 3 N–H and O–H groups in total. The molecule has 2 unspecified atom stereocenters. The Kier molecular flexibility index (Phi) is 9.53. The summed E-state index contributed by atoms with van der Waals surface area (Å²) in [4.78, 5) is 45.2. The van der Waals surface area contributed by atoms with Crippen molar-refractivity contribution in [3.63, 3.8) is 0 Å². The summed E-state index contributed by atoms with van der Waals surface area (Å²) in [5.74, 6) is 0.699. The minimum atomic E-state index is -0.427. The topological polar surface area (TPSA) is 116 Å². The summed E-state index contributed by atoms with van der Waals surface area (Å²) in [6.45, 7) is 13.4. The molecule has 1 heterocycles. The number of aryl methyl sites for hydroxylation is 1. The fourth-order valence-corrected chi connectivity index (χ4v) is 5.33. The summed E-state index contributed by atoms with van der Waals surface area (Å²) >= 11 is 0. The van der Waals surface area contributed by atoms with E-state index in [4.69, 9.17) is 4.74 Å². The van der Waals surface area contributed by atoms with E-state index in [9.17, 15) is 14.4 Å². The zero-order valence-corrected chi connectivity index (χ0v) is 21.9. The normalized spacial score (nSPS) is 21.7. The molecule has 9 nitrogen and oxygen atoms in total. The van der Waals surface area contributed by atoms with E-state index >= 15 is 0 Å². The highest BCUT2D eigenvalue weighted by molar-refractivity contribution is 5.87. The van der Waals surface area contributed by atoms with Gasteiger partial charge < -0.3 is 15.0 Å². The number of carbonyl (C=O) groups is 2. The number of anilines is 1. The van der Waals surface area contributed by atoms with Crippen LogP contribution in [0, 0.1) is 23.7 Å². The second-order valence-electron chi connectivity index (χ2n) is 11.0. The first kappa shape index (κ1) is 27.7. The number of hydrogen-bond acceptors (Lipinski definition) is 5.